The molecule has 1 saturated heterocycles. The van der Waals surface area contributed by atoms with E-state index in [0.29, 0.717) is 26.1 Å². The summed E-state index contributed by atoms with van der Waals surface area (Å²) in [4.78, 5) is 33.1. The van der Waals surface area contributed by atoms with Crippen LogP contribution in [0.3, 0.4) is 0 Å². The number of hydrogen-bond acceptors (Lipinski definition) is 3. The fourth-order valence-electron chi connectivity index (χ4n) is 4.88. The predicted octanol–water partition coefficient (Wildman–Crippen LogP) is 3.60. The van der Waals surface area contributed by atoms with Crippen molar-refractivity contribution in [3.8, 4) is 0 Å². The van der Waals surface area contributed by atoms with Gasteiger partial charge in [-0.25, -0.2) is 0 Å². The maximum Gasteiger partial charge on any atom is 0.255 e. The molecule has 2 aliphatic heterocycles. The summed E-state index contributed by atoms with van der Waals surface area (Å²) >= 11 is 0. The molecule has 2 aliphatic rings. The lowest BCUT2D eigenvalue weighted by Crippen LogP contribution is -2.55. The minimum absolute atomic E-state index is 0.0393. The normalized spacial score (nSPS) is 17.2. The van der Waals surface area contributed by atoms with Gasteiger partial charge in [-0.3, -0.25) is 14.5 Å². The fraction of sp³-hybridized carbons (Fsp3) is 0.286. The van der Waals surface area contributed by atoms with Crippen molar-refractivity contribution in [1.82, 2.24) is 14.7 Å². The zero-order chi connectivity index (χ0) is 22.6. The van der Waals surface area contributed by atoms with E-state index in [4.69, 9.17) is 0 Å². The first-order chi connectivity index (χ1) is 16.2. The van der Waals surface area contributed by atoms with Crippen molar-refractivity contribution >= 4 is 11.8 Å². The Morgan fingerprint density at radius 2 is 1.36 bits per heavy atom. The van der Waals surface area contributed by atoms with Gasteiger partial charge in [0.2, 0.25) is 5.91 Å². The van der Waals surface area contributed by atoms with E-state index in [0.717, 1.165) is 36.3 Å². The van der Waals surface area contributed by atoms with Crippen LogP contribution in [0.4, 0.5) is 0 Å². The highest BCUT2D eigenvalue weighted by molar-refractivity contribution is 6.01. The van der Waals surface area contributed by atoms with Crippen molar-refractivity contribution in [3.63, 3.8) is 0 Å². The van der Waals surface area contributed by atoms with Gasteiger partial charge in [0.15, 0.2) is 0 Å². The molecular formula is C28H29N3O2. The largest absolute Gasteiger partial charge is 0.338 e. The summed E-state index contributed by atoms with van der Waals surface area (Å²) in [5.74, 6) is 0.0157. The van der Waals surface area contributed by atoms with Gasteiger partial charge in [0.1, 0.15) is 6.04 Å². The second-order valence-electron chi connectivity index (χ2n) is 8.88. The van der Waals surface area contributed by atoms with Crippen molar-refractivity contribution < 1.29 is 9.59 Å². The molecule has 0 saturated carbocycles. The Morgan fingerprint density at radius 1 is 0.758 bits per heavy atom. The molecule has 0 bridgehead atoms. The smallest absolute Gasteiger partial charge is 0.255 e. The molecule has 2 amide bonds. The minimum atomic E-state index is -0.493. The third kappa shape index (κ3) is 4.69. The Balaban J connectivity index is 1.30. The molecule has 5 nitrogen and oxygen atoms in total. The monoisotopic (exact) mass is 439 g/mol. The van der Waals surface area contributed by atoms with Gasteiger partial charge in [0, 0.05) is 51.3 Å². The number of carbonyl (C=O) groups is 2. The van der Waals surface area contributed by atoms with Gasteiger partial charge in [0.25, 0.3) is 5.91 Å². The lowest BCUT2D eigenvalue weighted by atomic mass is 10.0. The third-order valence-corrected chi connectivity index (χ3v) is 6.72. The number of rotatable bonds is 6. The standard InChI is InChI=1S/C28H29N3O2/c32-27-25-14-8-7-13-24(25)21-31(27)26(19-22-9-3-1-4-10-22)28(33)30-17-15-29(16-18-30)20-23-11-5-2-6-12-23/h1-14,26H,15-21H2/t26-/m0/s1. The van der Waals surface area contributed by atoms with E-state index in [2.05, 4.69) is 29.2 Å². The summed E-state index contributed by atoms with van der Waals surface area (Å²) in [6, 6.07) is 27.7. The number of amides is 2. The Morgan fingerprint density at radius 3 is 2.03 bits per heavy atom. The molecule has 3 aromatic carbocycles. The molecule has 0 radical (unpaired) electrons. The Bertz CT molecular complexity index is 1110. The van der Waals surface area contributed by atoms with Crippen LogP contribution in [0.25, 0.3) is 0 Å². The van der Waals surface area contributed by atoms with Crippen LogP contribution in [0.1, 0.15) is 27.0 Å². The van der Waals surface area contributed by atoms with Crippen LogP contribution < -0.4 is 0 Å². The maximum atomic E-state index is 13.8. The Hall–Kier alpha value is -3.44. The molecule has 0 N–H and O–H groups in total. The second-order valence-corrected chi connectivity index (χ2v) is 8.88. The summed E-state index contributed by atoms with van der Waals surface area (Å²) in [6.07, 6.45) is 0.531. The topological polar surface area (TPSA) is 43.9 Å². The average Bonchev–Trinajstić information content (AvgIpc) is 3.20. The van der Waals surface area contributed by atoms with E-state index >= 15 is 0 Å². The van der Waals surface area contributed by atoms with Crippen molar-refractivity contribution in [3.05, 3.63) is 107 Å². The summed E-state index contributed by atoms with van der Waals surface area (Å²) in [5.41, 5.74) is 4.08. The van der Waals surface area contributed by atoms with Crippen LogP contribution in [0.5, 0.6) is 0 Å². The van der Waals surface area contributed by atoms with E-state index < -0.39 is 6.04 Å². The van der Waals surface area contributed by atoms with Gasteiger partial charge < -0.3 is 9.80 Å². The lowest BCUT2D eigenvalue weighted by Gasteiger charge is -2.38. The van der Waals surface area contributed by atoms with E-state index in [9.17, 15) is 9.59 Å². The first kappa shape index (κ1) is 21.4. The number of nitrogens with zero attached hydrogens (tertiary/aromatic N) is 3. The SMILES string of the molecule is O=C([C@H](Cc1ccccc1)N1Cc2ccccc2C1=O)N1CCN(Cc2ccccc2)CC1. The predicted molar refractivity (Wildman–Crippen MR) is 129 cm³/mol. The first-order valence-electron chi connectivity index (χ1n) is 11.7. The summed E-state index contributed by atoms with van der Waals surface area (Å²) in [6.45, 7) is 4.44. The van der Waals surface area contributed by atoms with E-state index in [1.807, 2.05) is 65.6 Å². The second kappa shape index (κ2) is 9.59. The van der Waals surface area contributed by atoms with Gasteiger partial charge in [-0.1, -0.05) is 78.9 Å². The molecule has 0 unspecified atom stereocenters. The van der Waals surface area contributed by atoms with Gasteiger partial charge >= 0.3 is 0 Å². The van der Waals surface area contributed by atoms with Crippen LogP contribution in [0.15, 0.2) is 84.9 Å². The number of piperazine rings is 1. The van der Waals surface area contributed by atoms with Crippen LogP contribution >= 0.6 is 0 Å². The zero-order valence-corrected chi connectivity index (χ0v) is 18.8. The molecule has 1 fully saturated rings. The number of carbonyl (C=O) groups excluding carboxylic acids is 2. The van der Waals surface area contributed by atoms with Gasteiger partial charge in [-0.15, -0.1) is 0 Å². The molecular weight excluding hydrogens is 410 g/mol. The Labute approximate surface area is 195 Å². The molecule has 168 valence electrons. The van der Waals surface area contributed by atoms with E-state index in [1.165, 1.54) is 5.56 Å². The fourth-order valence-corrected chi connectivity index (χ4v) is 4.88. The van der Waals surface area contributed by atoms with Crippen LogP contribution in [-0.2, 0) is 24.3 Å². The average molecular weight is 440 g/mol. The van der Waals surface area contributed by atoms with Crippen molar-refractivity contribution in [2.45, 2.75) is 25.6 Å². The Kier molecular flexibility index (Phi) is 6.22. The van der Waals surface area contributed by atoms with E-state index in [-0.39, 0.29) is 11.8 Å². The molecule has 33 heavy (non-hydrogen) atoms. The maximum absolute atomic E-state index is 13.8. The number of benzene rings is 3. The highest BCUT2D eigenvalue weighted by atomic mass is 16.2. The van der Waals surface area contributed by atoms with Gasteiger partial charge in [-0.2, -0.15) is 0 Å². The molecule has 0 aromatic heterocycles. The van der Waals surface area contributed by atoms with Gasteiger partial charge in [-0.05, 0) is 22.8 Å². The number of fused-ring (bicyclic) bond motifs is 1. The highest BCUT2D eigenvalue weighted by Crippen LogP contribution is 2.27. The molecule has 5 rings (SSSR count). The van der Waals surface area contributed by atoms with Crippen LogP contribution in [-0.4, -0.2) is 58.7 Å². The molecule has 1 atom stereocenters. The molecule has 3 aromatic rings. The molecule has 0 spiro atoms. The summed E-state index contributed by atoms with van der Waals surface area (Å²) < 4.78 is 0. The van der Waals surface area contributed by atoms with Crippen molar-refractivity contribution in [1.29, 1.82) is 0 Å². The van der Waals surface area contributed by atoms with Gasteiger partial charge in [0.05, 0.1) is 0 Å². The quantitative estimate of drug-likeness (QED) is 0.590. The first-order valence-corrected chi connectivity index (χ1v) is 11.7. The minimum Gasteiger partial charge on any atom is -0.338 e. The molecule has 5 heteroatoms. The lowest BCUT2D eigenvalue weighted by molar-refractivity contribution is -0.138. The highest BCUT2D eigenvalue weighted by Gasteiger charge is 2.38. The van der Waals surface area contributed by atoms with Crippen molar-refractivity contribution in [2.75, 3.05) is 26.2 Å². The van der Waals surface area contributed by atoms with Crippen LogP contribution in [0.2, 0.25) is 0 Å². The van der Waals surface area contributed by atoms with Crippen LogP contribution in [0, 0.1) is 0 Å². The number of hydrogen-bond donors (Lipinski definition) is 0. The van der Waals surface area contributed by atoms with E-state index in [1.54, 1.807) is 4.90 Å². The summed E-state index contributed by atoms with van der Waals surface area (Å²) in [7, 11) is 0. The third-order valence-electron chi connectivity index (χ3n) is 6.72. The molecule has 0 aliphatic carbocycles. The molecule has 2 heterocycles. The summed E-state index contributed by atoms with van der Waals surface area (Å²) in [5, 5.41) is 0. The zero-order valence-electron chi connectivity index (χ0n) is 18.8. The van der Waals surface area contributed by atoms with Crippen molar-refractivity contribution in [2.24, 2.45) is 0 Å².